The lowest BCUT2D eigenvalue weighted by atomic mass is 10.00. The first-order valence-corrected chi connectivity index (χ1v) is 8.48. The van der Waals surface area contributed by atoms with E-state index in [1.165, 1.54) is 5.56 Å². The van der Waals surface area contributed by atoms with Gasteiger partial charge in [0, 0.05) is 18.8 Å². The summed E-state index contributed by atoms with van der Waals surface area (Å²) in [4.78, 5) is 14.3. The van der Waals surface area contributed by atoms with Gasteiger partial charge in [0.25, 0.3) is 0 Å². The van der Waals surface area contributed by atoms with Gasteiger partial charge in [-0.2, -0.15) is 5.26 Å². The molecule has 0 atom stereocenters. The summed E-state index contributed by atoms with van der Waals surface area (Å²) in [5.41, 5.74) is 3.30. The van der Waals surface area contributed by atoms with Gasteiger partial charge in [-0.25, -0.2) is 4.79 Å². The number of carbonyl (C=O) groups is 1. The molecule has 0 spiro atoms. The quantitative estimate of drug-likeness (QED) is 0.897. The van der Waals surface area contributed by atoms with Crippen molar-refractivity contribution in [2.24, 2.45) is 0 Å². The second-order valence-corrected chi connectivity index (χ2v) is 6.18. The van der Waals surface area contributed by atoms with E-state index in [2.05, 4.69) is 11.4 Å². The fourth-order valence-electron chi connectivity index (χ4n) is 2.85. The highest BCUT2D eigenvalue weighted by atomic mass is 35.5. The Bertz CT molecular complexity index is 845. The van der Waals surface area contributed by atoms with Crippen molar-refractivity contribution in [3.63, 3.8) is 0 Å². The van der Waals surface area contributed by atoms with Gasteiger partial charge in [0.2, 0.25) is 0 Å². The maximum absolute atomic E-state index is 12.5. The van der Waals surface area contributed by atoms with Crippen LogP contribution in [0, 0.1) is 11.3 Å². The Morgan fingerprint density at radius 3 is 2.88 bits per heavy atom. The van der Waals surface area contributed by atoms with Gasteiger partial charge in [0.1, 0.15) is 11.8 Å². The number of amides is 2. The van der Waals surface area contributed by atoms with Crippen LogP contribution < -0.4 is 10.1 Å². The fourth-order valence-corrected chi connectivity index (χ4v) is 3.07. The highest BCUT2D eigenvalue weighted by molar-refractivity contribution is 6.32. The summed E-state index contributed by atoms with van der Waals surface area (Å²) in [5, 5.41) is 12.1. The zero-order chi connectivity index (χ0) is 17.8. The van der Waals surface area contributed by atoms with Crippen LogP contribution in [0.1, 0.15) is 23.6 Å². The van der Waals surface area contributed by atoms with E-state index in [-0.39, 0.29) is 6.03 Å². The molecule has 2 amide bonds. The summed E-state index contributed by atoms with van der Waals surface area (Å²) >= 11 is 6.01. The summed E-state index contributed by atoms with van der Waals surface area (Å²) in [6.45, 7) is 3.74. The first-order valence-electron chi connectivity index (χ1n) is 8.11. The molecule has 0 fully saturated rings. The number of hydrogen-bond acceptors (Lipinski definition) is 3. The lowest BCUT2D eigenvalue weighted by Gasteiger charge is -2.29. The number of anilines is 1. The Labute approximate surface area is 151 Å². The number of nitrogens with one attached hydrogen (secondary N) is 1. The van der Waals surface area contributed by atoms with Crippen LogP contribution in [0.25, 0.3) is 0 Å². The van der Waals surface area contributed by atoms with Crippen LogP contribution in [0.5, 0.6) is 5.75 Å². The molecule has 1 N–H and O–H groups in total. The summed E-state index contributed by atoms with van der Waals surface area (Å²) < 4.78 is 5.54. The van der Waals surface area contributed by atoms with Crippen molar-refractivity contribution in [2.75, 3.05) is 18.5 Å². The number of carbonyl (C=O) groups excluding carboxylic acids is 1. The normalized spacial score (nSPS) is 12.9. The zero-order valence-corrected chi connectivity index (χ0v) is 14.6. The SMILES string of the molecule is CCOc1ccc2c(c1)CN(C(=O)Nc1ccc(C#N)c(Cl)c1)CC2. The molecule has 5 nitrogen and oxygen atoms in total. The van der Waals surface area contributed by atoms with Gasteiger partial charge in [-0.3, -0.25) is 0 Å². The Kier molecular flexibility index (Phi) is 5.11. The van der Waals surface area contributed by atoms with Crippen molar-refractivity contribution < 1.29 is 9.53 Å². The molecule has 2 aromatic rings. The van der Waals surface area contributed by atoms with Crippen LogP contribution in [0.3, 0.4) is 0 Å². The second-order valence-electron chi connectivity index (χ2n) is 5.77. The van der Waals surface area contributed by atoms with Crippen LogP contribution in [-0.4, -0.2) is 24.1 Å². The maximum Gasteiger partial charge on any atom is 0.322 e. The highest BCUT2D eigenvalue weighted by Gasteiger charge is 2.21. The van der Waals surface area contributed by atoms with Crippen molar-refractivity contribution in [3.05, 3.63) is 58.1 Å². The van der Waals surface area contributed by atoms with Crippen molar-refractivity contribution >= 4 is 23.3 Å². The van der Waals surface area contributed by atoms with E-state index in [9.17, 15) is 4.79 Å². The Balaban J connectivity index is 1.71. The number of halogens is 1. The lowest BCUT2D eigenvalue weighted by molar-refractivity contribution is 0.206. The van der Waals surface area contributed by atoms with Gasteiger partial charge in [-0.05, 0) is 54.8 Å². The molecule has 1 aliphatic heterocycles. The van der Waals surface area contributed by atoms with E-state index in [0.29, 0.717) is 36.0 Å². The Morgan fingerprint density at radius 1 is 1.32 bits per heavy atom. The number of ether oxygens (including phenoxy) is 1. The number of nitriles is 1. The van der Waals surface area contributed by atoms with Crippen molar-refractivity contribution in [1.82, 2.24) is 4.90 Å². The number of fused-ring (bicyclic) bond motifs is 1. The van der Waals surface area contributed by atoms with E-state index in [0.717, 1.165) is 17.7 Å². The summed E-state index contributed by atoms with van der Waals surface area (Å²) in [6, 6.07) is 12.7. The van der Waals surface area contributed by atoms with Crippen LogP contribution in [0.4, 0.5) is 10.5 Å². The van der Waals surface area contributed by atoms with Crippen molar-refractivity contribution in [2.45, 2.75) is 19.9 Å². The molecule has 0 unspecified atom stereocenters. The first kappa shape index (κ1) is 17.1. The largest absolute Gasteiger partial charge is 0.494 e. The van der Waals surface area contributed by atoms with Gasteiger partial charge in [0.05, 0.1) is 17.2 Å². The third-order valence-electron chi connectivity index (χ3n) is 4.13. The molecule has 3 rings (SSSR count). The summed E-state index contributed by atoms with van der Waals surface area (Å²) in [7, 11) is 0. The van der Waals surface area contributed by atoms with Gasteiger partial charge in [-0.15, -0.1) is 0 Å². The molecule has 0 saturated heterocycles. The number of nitrogens with zero attached hydrogens (tertiary/aromatic N) is 2. The molecule has 1 heterocycles. The molecule has 2 aromatic carbocycles. The molecule has 1 aliphatic rings. The van der Waals surface area contributed by atoms with Crippen LogP contribution in [0.2, 0.25) is 5.02 Å². The number of urea groups is 1. The molecule has 0 aromatic heterocycles. The minimum atomic E-state index is -0.187. The third kappa shape index (κ3) is 3.86. The highest BCUT2D eigenvalue weighted by Crippen LogP contribution is 2.25. The number of rotatable bonds is 3. The zero-order valence-electron chi connectivity index (χ0n) is 13.9. The minimum Gasteiger partial charge on any atom is -0.494 e. The van der Waals surface area contributed by atoms with Gasteiger partial charge >= 0.3 is 6.03 Å². The maximum atomic E-state index is 12.5. The van der Waals surface area contributed by atoms with E-state index in [1.807, 2.05) is 25.1 Å². The van der Waals surface area contributed by atoms with Crippen molar-refractivity contribution in [1.29, 1.82) is 5.26 Å². The molecule has 0 bridgehead atoms. The number of hydrogen-bond donors (Lipinski definition) is 1. The molecular formula is C19H18ClN3O2. The molecule has 25 heavy (non-hydrogen) atoms. The smallest absolute Gasteiger partial charge is 0.322 e. The standard InChI is InChI=1S/C19H18ClN3O2/c1-2-25-17-6-4-13-7-8-23(12-15(13)9-17)19(24)22-16-5-3-14(11-21)18(20)10-16/h3-6,9-10H,2,7-8,12H2,1H3,(H,22,24). The van der Waals surface area contributed by atoms with Crippen LogP contribution in [0.15, 0.2) is 36.4 Å². The third-order valence-corrected chi connectivity index (χ3v) is 4.44. The summed E-state index contributed by atoms with van der Waals surface area (Å²) in [5.74, 6) is 0.822. The lowest BCUT2D eigenvalue weighted by Crippen LogP contribution is -2.38. The summed E-state index contributed by atoms with van der Waals surface area (Å²) in [6.07, 6.45) is 0.809. The number of benzene rings is 2. The van der Waals surface area contributed by atoms with Gasteiger partial charge in [0.15, 0.2) is 0 Å². The van der Waals surface area contributed by atoms with E-state index in [4.69, 9.17) is 21.6 Å². The first-order chi connectivity index (χ1) is 12.1. The fraction of sp³-hybridized carbons (Fsp3) is 0.263. The Morgan fingerprint density at radius 2 is 2.16 bits per heavy atom. The van der Waals surface area contributed by atoms with Crippen molar-refractivity contribution in [3.8, 4) is 11.8 Å². The van der Waals surface area contributed by atoms with E-state index < -0.39 is 0 Å². The molecule has 0 aliphatic carbocycles. The second kappa shape index (κ2) is 7.45. The van der Waals surface area contributed by atoms with Crippen LogP contribution >= 0.6 is 11.6 Å². The topological polar surface area (TPSA) is 65.4 Å². The predicted molar refractivity (Wildman–Crippen MR) is 96.9 cm³/mol. The molecule has 128 valence electrons. The molecular weight excluding hydrogens is 338 g/mol. The Hall–Kier alpha value is -2.71. The van der Waals surface area contributed by atoms with Gasteiger partial charge < -0.3 is 15.0 Å². The molecule has 0 radical (unpaired) electrons. The van der Waals surface area contributed by atoms with Crippen LogP contribution in [-0.2, 0) is 13.0 Å². The van der Waals surface area contributed by atoms with E-state index >= 15 is 0 Å². The monoisotopic (exact) mass is 355 g/mol. The van der Waals surface area contributed by atoms with Gasteiger partial charge in [-0.1, -0.05) is 17.7 Å². The molecule has 6 heteroatoms. The average molecular weight is 356 g/mol. The average Bonchev–Trinajstić information content (AvgIpc) is 2.61. The predicted octanol–water partition coefficient (Wildman–Crippen LogP) is 4.20. The van der Waals surface area contributed by atoms with E-state index in [1.54, 1.807) is 23.1 Å². The molecule has 0 saturated carbocycles. The minimum absolute atomic E-state index is 0.187.